The summed E-state index contributed by atoms with van der Waals surface area (Å²) in [5.74, 6) is 0. The normalized spacial score (nSPS) is 13.6. The molecule has 116 valence electrons. The van der Waals surface area contributed by atoms with Crippen LogP contribution in [0.5, 0.6) is 0 Å². The van der Waals surface area contributed by atoms with Gasteiger partial charge in [0.15, 0.2) is 0 Å². The van der Waals surface area contributed by atoms with Crippen LogP contribution in [0.1, 0.15) is 10.4 Å². The number of fused-ring (bicyclic) bond motifs is 1. The summed E-state index contributed by atoms with van der Waals surface area (Å²) >= 11 is 1.79. The molecule has 4 nitrogen and oxygen atoms in total. The molecular weight excluding hydrogens is 294 g/mol. The van der Waals surface area contributed by atoms with Crippen LogP contribution in [0.15, 0.2) is 41.8 Å². The molecule has 0 radical (unpaired) electrons. The predicted molar refractivity (Wildman–Crippen MR) is 91.5 cm³/mol. The van der Waals surface area contributed by atoms with Gasteiger partial charge in [0.2, 0.25) is 0 Å². The number of likely N-dealkylation sites (N-methyl/N-ethyl adjacent to an activating group) is 1. The molecule has 5 heteroatoms. The zero-order valence-electron chi connectivity index (χ0n) is 12.8. The van der Waals surface area contributed by atoms with Crippen molar-refractivity contribution in [2.45, 2.75) is 13.0 Å². The van der Waals surface area contributed by atoms with Crippen molar-refractivity contribution in [3.63, 3.8) is 0 Å². The number of hydrogen-bond acceptors (Lipinski definition) is 3. The van der Waals surface area contributed by atoms with E-state index in [1.165, 1.54) is 10.4 Å². The number of nitrogens with zero attached hydrogens (tertiary/aromatic N) is 2. The summed E-state index contributed by atoms with van der Waals surface area (Å²) < 4.78 is 0. The molecule has 1 aromatic heterocycles. The molecule has 0 spiro atoms. The molecule has 2 aromatic rings. The molecule has 3 rings (SSSR count). The van der Waals surface area contributed by atoms with Crippen LogP contribution in [0, 0.1) is 0 Å². The van der Waals surface area contributed by atoms with E-state index in [0.717, 1.165) is 31.7 Å². The molecule has 0 saturated heterocycles. The molecule has 0 saturated carbocycles. The summed E-state index contributed by atoms with van der Waals surface area (Å²) in [7, 11) is 2.04. The van der Waals surface area contributed by atoms with Gasteiger partial charge in [-0.15, -0.1) is 11.3 Å². The van der Waals surface area contributed by atoms with Crippen LogP contribution in [0.25, 0.3) is 0 Å². The first-order chi connectivity index (χ1) is 10.7. The van der Waals surface area contributed by atoms with E-state index >= 15 is 0 Å². The average Bonchev–Trinajstić information content (AvgIpc) is 3.03. The van der Waals surface area contributed by atoms with Gasteiger partial charge in [0.25, 0.3) is 0 Å². The van der Waals surface area contributed by atoms with Gasteiger partial charge in [0, 0.05) is 43.8 Å². The van der Waals surface area contributed by atoms with Gasteiger partial charge in [-0.25, -0.2) is 4.79 Å². The monoisotopic (exact) mass is 315 g/mol. The number of carbonyl (C=O) groups is 1. The van der Waals surface area contributed by atoms with Gasteiger partial charge in [0.1, 0.15) is 0 Å². The lowest BCUT2D eigenvalue weighted by Gasteiger charge is -2.27. The molecule has 0 unspecified atom stereocenters. The lowest BCUT2D eigenvalue weighted by atomic mass is 10.1. The number of thiophene rings is 1. The zero-order chi connectivity index (χ0) is 15.4. The zero-order valence-corrected chi connectivity index (χ0v) is 13.6. The number of rotatable bonds is 4. The van der Waals surface area contributed by atoms with E-state index in [-0.39, 0.29) is 6.03 Å². The second-order valence-corrected chi connectivity index (χ2v) is 6.53. The third-order valence-electron chi connectivity index (χ3n) is 4.02. The number of hydrogen-bond donors (Lipinski definition) is 1. The van der Waals surface area contributed by atoms with Crippen LogP contribution in [0.4, 0.5) is 10.5 Å². The average molecular weight is 315 g/mol. The van der Waals surface area contributed by atoms with Crippen molar-refractivity contribution in [3.8, 4) is 0 Å². The molecule has 0 bridgehead atoms. The van der Waals surface area contributed by atoms with Gasteiger partial charge in [-0.2, -0.15) is 0 Å². The Morgan fingerprint density at radius 1 is 1.32 bits per heavy atom. The van der Waals surface area contributed by atoms with Crippen LogP contribution in [0.3, 0.4) is 0 Å². The van der Waals surface area contributed by atoms with Crippen molar-refractivity contribution >= 4 is 23.1 Å². The number of para-hydroxylation sites is 1. The fourth-order valence-electron chi connectivity index (χ4n) is 2.68. The van der Waals surface area contributed by atoms with E-state index in [1.54, 1.807) is 11.3 Å². The summed E-state index contributed by atoms with van der Waals surface area (Å²) in [6, 6.07) is 12.4. The number of nitrogens with one attached hydrogen (secondary N) is 1. The van der Waals surface area contributed by atoms with E-state index in [9.17, 15) is 4.79 Å². The largest absolute Gasteiger partial charge is 0.373 e. The third kappa shape index (κ3) is 3.42. The Labute approximate surface area is 135 Å². The number of amides is 2. The highest BCUT2D eigenvalue weighted by Crippen LogP contribution is 2.23. The Hall–Kier alpha value is -2.01. The highest BCUT2D eigenvalue weighted by Gasteiger charge is 2.20. The SMILES string of the molecule is CN(CCNC(=O)N1CCc2sccc2C1)c1ccccc1. The molecular formula is C17H21N3OS. The topological polar surface area (TPSA) is 35.6 Å². The minimum Gasteiger partial charge on any atom is -0.373 e. The Morgan fingerprint density at radius 2 is 2.14 bits per heavy atom. The minimum absolute atomic E-state index is 0.0401. The van der Waals surface area contributed by atoms with Gasteiger partial charge in [-0.1, -0.05) is 18.2 Å². The van der Waals surface area contributed by atoms with Crippen molar-refractivity contribution in [3.05, 3.63) is 52.2 Å². The van der Waals surface area contributed by atoms with Gasteiger partial charge < -0.3 is 15.1 Å². The minimum atomic E-state index is 0.0401. The number of urea groups is 1. The van der Waals surface area contributed by atoms with Crippen molar-refractivity contribution in [1.29, 1.82) is 0 Å². The van der Waals surface area contributed by atoms with Crippen LogP contribution in [-0.4, -0.2) is 37.6 Å². The van der Waals surface area contributed by atoms with Gasteiger partial charge in [-0.3, -0.25) is 0 Å². The molecule has 1 aliphatic heterocycles. The second kappa shape index (κ2) is 6.83. The third-order valence-corrected chi connectivity index (χ3v) is 5.04. The predicted octanol–water partition coefficient (Wildman–Crippen LogP) is 2.95. The van der Waals surface area contributed by atoms with Crippen molar-refractivity contribution in [2.24, 2.45) is 0 Å². The lowest BCUT2D eigenvalue weighted by molar-refractivity contribution is 0.193. The van der Waals surface area contributed by atoms with E-state index < -0.39 is 0 Å². The fourth-order valence-corrected chi connectivity index (χ4v) is 3.57. The maximum atomic E-state index is 12.2. The van der Waals surface area contributed by atoms with Crippen LogP contribution >= 0.6 is 11.3 Å². The van der Waals surface area contributed by atoms with E-state index in [2.05, 4.69) is 33.8 Å². The van der Waals surface area contributed by atoms with E-state index in [1.807, 2.05) is 30.1 Å². The molecule has 0 atom stereocenters. The van der Waals surface area contributed by atoms with Crippen LogP contribution in [0.2, 0.25) is 0 Å². The molecule has 1 N–H and O–H groups in total. The Balaban J connectivity index is 1.45. The first-order valence-corrected chi connectivity index (χ1v) is 8.46. The van der Waals surface area contributed by atoms with Crippen molar-refractivity contribution < 1.29 is 4.79 Å². The summed E-state index contributed by atoms with van der Waals surface area (Å²) in [4.78, 5) is 17.7. The number of anilines is 1. The van der Waals surface area contributed by atoms with Crippen molar-refractivity contribution in [1.82, 2.24) is 10.2 Å². The quantitative estimate of drug-likeness (QED) is 0.941. The van der Waals surface area contributed by atoms with Gasteiger partial charge in [-0.05, 0) is 35.6 Å². The lowest BCUT2D eigenvalue weighted by Crippen LogP contribution is -2.44. The maximum Gasteiger partial charge on any atom is 0.317 e. The molecule has 2 heterocycles. The highest BCUT2D eigenvalue weighted by molar-refractivity contribution is 7.10. The number of benzene rings is 1. The Bertz CT molecular complexity index is 626. The van der Waals surface area contributed by atoms with E-state index in [0.29, 0.717) is 6.54 Å². The highest BCUT2D eigenvalue weighted by atomic mass is 32.1. The standard InChI is InChI=1S/C17H21N3OS/c1-19(15-5-3-2-4-6-15)11-9-18-17(21)20-10-7-16-14(13-20)8-12-22-16/h2-6,8,12H,7,9-11,13H2,1H3,(H,18,21). The summed E-state index contributed by atoms with van der Waals surface area (Å²) in [5.41, 5.74) is 2.46. The summed E-state index contributed by atoms with van der Waals surface area (Å²) in [6.45, 7) is 3.00. The summed E-state index contributed by atoms with van der Waals surface area (Å²) in [6.07, 6.45) is 0.977. The Kier molecular flexibility index (Phi) is 4.63. The second-order valence-electron chi connectivity index (χ2n) is 5.53. The summed E-state index contributed by atoms with van der Waals surface area (Å²) in [5, 5.41) is 5.14. The molecule has 2 amide bonds. The van der Waals surface area contributed by atoms with E-state index in [4.69, 9.17) is 0 Å². The Morgan fingerprint density at radius 3 is 2.95 bits per heavy atom. The molecule has 0 aliphatic carbocycles. The maximum absolute atomic E-state index is 12.2. The number of carbonyl (C=O) groups excluding carboxylic acids is 1. The first kappa shape index (κ1) is 14.9. The molecule has 1 aromatic carbocycles. The van der Waals surface area contributed by atoms with Gasteiger partial charge in [0.05, 0.1) is 0 Å². The first-order valence-electron chi connectivity index (χ1n) is 7.58. The van der Waals surface area contributed by atoms with Crippen LogP contribution < -0.4 is 10.2 Å². The van der Waals surface area contributed by atoms with Gasteiger partial charge >= 0.3 is 6.03 Å². The van der Waals surface area contributed by atoms with Crippen molar-refractivity contribution in [2.75, 3.05) is 31.6 Å². The van der Waals surface area contributed by atoms with Crippen LogP contribution in [-0.2, 0) is 13.0 Å². The molecule has 1 aliphatic rings. The molecule has 22 heavy (non-hydrogen) atoms. The smallest absolute Gasteiger partial charge is 0.317 e. The molecule has 0 fully saturated rings. The fraction of sp³-hybridized carbons (Fsp3) is 0.353.